The van der Waals surface area contributed by atoms with Crippen LogP contribution in [0.25, 0.3) is 0 Å². The molecule has 0 spiro atoms. The molecule has 21 heavy (non-hydrogen) atoms. The number of amides is 2. The molecular formula is C14H21N5OS. The summed E-state index contributed by atoms with van der Waals surface area (Å²) in [6.07, 6.45) is 0. The number of rotatable bonds is 5. The fourth-order valence-corrected chi connectivity index (χ4v) is 3.02. The number of likely N-dealkylation sites (N-methyl/N-ethyl adjacent to an activating group) is 1. The number of aryl methyl sites for hydroxylation is 2. The molecule has 0 fully saturated rings. The summed E-state index contributed by atoms with van der Waals surface area (Å²) >= 11 is 1.69. The standard InChI is InChI=1S/C14H21N5OS/c1-10-8-13(19(4)17-10)16-14(20)15-9-11(18(2)3)12-6-5-7-21-12/h5-8,11H,9H2,1-4H3,(H2,15,16,20). The molecule has 1 atom stereocenters. The second kappa shape index (κ2) is 6.73. The third-order valence-electron chi connectivity index (χ3n) is 3.19. The van der Waals surface area contributed by atoms with E-state index in [4.69, 9.17) is 0 Å². The molecule has 0 saturated carbocycles. The predicted molar refractivity (Wildman–Crippen MR) is 85.7 cm³/mol. The molecule has 114 valence electrons. The van der Waals surface area contributed by atoms with Crippen LogP contribution in [0.3, 0.4) is 0 Å². The summed E-state index contributed by atoms with van der Waals surface area (Å²) in [7, 11) is 5.82. The lowest BCUT2D eigenvalue weighted by molar-refractivity contribution is 0.243. The minimum absolute atomic E-state index is 0.170. The average Bonchev–Trinajstić information content (AvgIpc) is 3.00. The van der Waals surface area contributed by atoms with Crippen LogP contribution < -0.4 is 10.6 Å². The van der Waals surface area contributed by atoms with Crippen molar-refractivity contribution >= 4 is 23.2 Å². The highest BCUT2D eigenvalue weighted by Crippen LogP contribution is 2.22. The maximum atomic E-state index is 12.0. The summed E-state index contributed by atoms with van der Waals surface area (Å²) in [5.41, 5.74) is 0.873. The van der Waals surface area contributed by atoms with E-state index in [1.807, 2.05) is 38.5 Å². The fraction of sp³-hybridized carbons (Fsp3) is 0.429. The molecule has 0 aliphatic rings. The van der Waals surface area contributed by atoms with E-state index in [1.165, 1.54) is 4.88 Å². The molecule has 0 radical (unpaired) electrons. The van der Waals surface area contributed by atoms with Crippen LogP contribution in [0, 0.1) is 6.92 Å². The Bertz CT molecular complexity index is 591. The Morgan fingerprint density at radius 2 is 2.29 bits per heavy atom. The molecule has 0 saturated heterocycles. The highest BCUT2D eigenvalue weighted by Gasteiger charge is 2.16. The minimum Gasteiger partial charge on any atom is -0.336 e. The second-order valence-electron chi connectivity index (χ2n) is 5.12. The predicted octanol–water partition coefficient (Wildman–Crippen LogP) is 2.21. The van der Waals surface area contributed by atoms with Gasteiger partial charge in [0.2, 0.25) is 0 Å². The van der Waals surface area contributed by atoms with Crippen molar-refractivity contribution in [1.82, 2.24) is 20.0 Å². The van der Waals surface area contributed by atoms with Crippen LogP contribution in [-0.2, 0) is 7.05 Å². The van der Waals surface area contributed by atoms with Crippen LogP contribution in [0.2, 0.25) is 0 Å². The van der Waals surface area contributed by atoms with Crippen LogP contribution in [0.4, 0.5) is 10.6 Å². The van der Waals surface area contributed by atoms with Gasteiger partial charge in [0.1, 0.15) is 5.82 Å². The summed E-state index contributed by atoms with van der Waals surface area (Å²) in [6.45, 7) is 2.44. The SMILES string of the molecule is Cc1cc(NC(=O)NCC(c2cccs2)N(C)C)n(C)n1. The largest absolute Gasteiger partial charge is 0.336 e. The zero-order valence-corrected chi connectivity index (χ0v) is 13.6. The number of nitrogens with zero attached hydrogens (tertiary/aromatic N) is 3. The maximum absolute atomic E-state index is 12.0. The van der Waals surface area contributed by atoms with E-state index in [1.54, 1.807) is 23.1 Å². The summed E-state index contributed by atoms with van der Waals surface area (Å²) in [5.74, 6) is 0.683. The van der Waals surface area contributed by atoms with Crippen molar-refractivity contribution in [3.63, 3.8) is 0 Å². The van der Waals surface area contributed by atoms with Crippen molar-refractivity contribution in [2.75, 3.05) is 26.0 Å². The summed E-state index contributed by atoms with van der Waals surface area (Å²) < 4.78 is 1.65. The molecule has 0 aliphatic heterocycles. The quantitative estimate of drug-likeness (QED) is 0.890. The number of nitrogens with one attached hydrogen (secondary N) is 2. The lowest BCUT2D eigenvalue weighted by Gasteiger charge is -2.23. The van der Waals surface area contributed by atoms with Crippen molar-refractivity contribution < 1.29 is 4.79 Å². The lowest BCUT2D eigenvalue weighted by Crippen LogP contribution is -2.36. The molecule has 7 heteroatoms. The molecule has 2 amide bonds. The third kappa shape index (κ3) is 4.05. The maximum Gasteiger partial charge on any atom is 0.320 e. The normalized spacial score (nSPS) is 12.4. The van der Waals surface area contributed by atoms with E-state index in [0.717, 1.165) is 5.69 Å². The van der Waals surface area contributed by atoms with Crippen LogP contribution in [-0.4, -0.2) is 41.4 Å². The van der Waals surface area contributed by atoms with Gasteiger partial charge in [0, 0.05) is 24.5 Å². The number of hydrogen-bond acceptors (Lipinski definition) is 4. The summed E-state index contributed by atoms with van der Waals surface area (Å²) in [6, 6.07) is 5.89. The van der Waals surface area contributed by atoms with Gasteiger partial charge in [0.15, 0.2) is 0 Å². The Morgan fingerprint density at radius 1 is 1.52 bits per heavy atom. The van der Waals surface area contributed by atoms with E-state index in [0.29, 0.717) is 12.4 Å². The minimum atomic E-state index is -0.221. The molecule has 1 unspecified atom stereocenters. The molecule has 0 bridgehead atoms. The molecule has 2 N–H and O–H groups in total. The molecule has 0 aromatic carbocycles. The number of carbonyl (C=O) groups is 1. The van der Waals surface area contributed by atoms with Crippen LogP contribution >= 0.6 is 11.3 Å². The highest BCUT2D eigenvalue weighted by molar-refractivity contribution is 7.10. The number of thiophene rings is 1. The van der Waals surface area contributed by atoms with Gasteiger partial charge in [-0.15, -0.1) is 11.3 Å². The van der Waals surface area contributed by atoms with Gasteiger partial charge in [-0.05, 0) is 32.5 Å². The number of urea groups is 1. The Hall–Kier alpha value is -1.86. The van der Waals surface area contributed by atoms with Gasteiger partial charge in [0.05, 0.1) is 11.7 Å². The van der Waals surface area contributed by atoms with Crippen LogP contribution in [0.5, 0.6) is 0 Å². The second-order valence-corrected chi connectivity index (χ2v) is 6.10. The van der Waals surface area contributed by atoms with Crippen molar-refractivity contribution in [3.8, 4) is 0 Å². The molecule has 2 rings (SSSR count). The number of hydrogen-bond donors (Lipinski definition) is 2. The Balaban J connectivity index is 1.92. The lowest BCUT2D eigenvalue weighted by atomic mass is 10.2. The first-order chi connectivity index (χ1) is 9.97. The van der Waals surface area contributed by atoms with Gasteiger partial charge in [0.25, 0.3) is 0 Å². The molecular weight excluding hydrogens is 286 g/mol. The Morgan fingerprint density at radius 3 is 2.81 bits per heavy atom. The number of aromatic nitrogens is 2. The van der Waals surface area contributed by atoms with E-state index >= 15 is 0 Å². The monoisotopic (exact) mass is 307 g/mol. The fourth-order valence-electron chi connectivity index (χ4n) is 2.10. The first kappa shape index (κ1) is 15.5. The first-order valence-corrected chi connectivity index (χ1v) is 7.60. The van der Waals surface area contributed by atoms with Crippen LogP contribution in [0.15, 0.2) is 23.6 Å². The van der Waals surface area contributed by atoms with Gasteiger partial charge in [-0.3, -0.25) is 10.00 Å². The zero-order chi connectivity index (χ0) is 15.4. The zero-order valence-electron chi connectivity index (χ0n) is 12.8. The Kier molecular flexibility index (Phi) is 4.98. The van der Waals surface area contributed by atoms with E-state index < -0.39 is 0 Å². The van der Waals surface area contributed by atoms with Gasteiger partial charge in [-0.1, -0.05) is 6.07 Å². The van der Waals surface area contributed by atoms with Gasteiger partial charge in [-0.2, -0.15) is 5.10 Å². The summed E-state index contributed by atoms with van der Waals surface area (Å²) in [5, 5.41) is 12.0. The van der Waals surface area contributed by atoms with Crippen LogP contribution in [0.1, 0.15) is 16.6 Å². The molecule has 2 aromatic rings. The van der Waals surface area contributed by atoms with E-state index in [9.17, 15) is 4.79 Å². The smallest absolute Gasteiger partial charge is 0.320 e. The number of anilines is 1. The topological polar surface area (TPSA) is 62.2 Å². The Labute approximate surface area is 128 Å². The van der Waals surface area contributed by atoms with E-state index in [-0.39, 0.29) is 12.1 Å². The highest BCUT2D eigenvalue weighted by atomic mass is 32.1. The average molecular weight is 307 g/mol. The van der Waals surface area contributed by atoms with Crippen molar-refractivity contribution in [2.24, 2.45) is 7.05 Å². The van der Waals surface area contributed by atoms with Crippen molar-refractivity contribution in [3.05, 3.63) is 34.2 Å². The first-order valence-electron chi connectivity index (χ1n) is 6.72. The van der Waals surface area contributed by atoms with Gasteiger partial charge < -0.3 is 10.2 Å². The number of carbonyl (C=O) groups excluding carboxylic acids is 1. The summed E-state index contributed by atoms with van der Waals surface area (Å²) in [4.78, 5) is 15.3. The van der Waals surface area contributed by atoms with E-state index in [2.05, 4.69) is 26.7 Å². The molecule has 6 nitrogen and oxygen atoms in total. The van der Waals surface area contributed by atoms with Gasteiger partial charge >= 0.3 is 6.03 Å². The van der Waals surface area contributed by atoms with Gasteiger partial charge in [-0.25, -0.2) is 4.79 Å². The third-order valence-corrected chi connectivity index (χ3v) is 4.17. The molecule has 2 aromatic heterocycles. The van der Waals surface area contributed by atoms with Crippen molar-refractivity contribution in [1.29, 1.82) is 0 Å². The molecule has 0 aliphatic carbocycles. The van der Waals surface area contributed by atoms with Crippen molar-refractivity contribution in [2.45, 2.75) is 13.0 Å². The molecule has 2 heterocycles.